The highest BCUT2D eigenvalue weighted by Gasteiger charge is 2.44. The summed E-state index contributed by atoms with van der Waals surface area (Å²) in [6, 6.07) is 24.6. The second kappa shape index (κ2) is 19.8. The van der Waals surface area contributed by atoms with E-state index in [1.807, 2.05) is 12.1 Å². The SMILES string of the molecule is CCC(CC)CC.CCN1/C(=C/C=C(/C=C/C2=[N+](CC)c3ccc(-c4ccc(S(=O)(=O)[O-])cc4)cc3C2(C)C)CCCO)C(C)(C)c2cc(-c3ccc(S(=O)(=O)[O-])cc3)ccc21. The van der Waals surface area contributed by atoms with E-state index >= 15 is 0 Å². The predicted octanol–water partition coefficient (Wildman–Crippen LogP) is 11.0. The number of aliphatic hydroxyl groups excluding tert-OH is 1. The summed E-state index contributed by atoms with van der Waals surface area (Å²) in [6.45, 7) is 21.4. The Kier molecular flexibility index (Phi) is 15.5. The van der Waals surface area contributed by atoms with Crippen molar-refractivity contribution >= 4 is 37.3 Å². The zero-order chi connectivity index (χ0) is 45.6. The Morgan fingerprint density at radius 1 is 0.710 bits per heavy atom. The van der Waals surface area contributed by atoms with Crippen LogP contribution in [0.25, 0.3) is 22.3 Å². The van der Waals surface area contributed by atoms with Gasteiger partial charge in [0, 0.05) is 47.7 Å². The summed E-state index contributed by atoms with van der Waals surface area (Å²) in [5.74, 6) is 0.986. The fourth-order valence-electron chi connectivity index (χ4n) is 8.76. The lowest BCUT2D eigenvalue weighted by molar-refractivity contribution is -0.433. The van der Waals surface area contributed by atoms with Gasteiger partial charge in [0.05, 0.1) is 15.2 Å². The number of anilines is 1. The first kappa shape index (κ1) is 48.4. The number of hydrogen-bond donors (Lipinski definition) is 1. The maximum absolute atomic E-state index is 11.5. The number of benzene rings is 4. The molecule has 0 aromatic heterocycles. The van der Waals surface area contributed by atoms with Gasteiger partial charge in [-0.25, -0.2) is 16.8 Å². The van der Waals surface area contributed by atoms with E-state index < -0.39 is 20.2 Å². The smallest absolute Gasteiger partial charge is 0.209 e. The largest absolute Gasteiger partial charge is 0.744 e. The molecule has 4 aromatic carbocycles. The molecular formula is C51H63N2O7S2-. The molecule has 0 saturated carbocycles. The van der Waals surface area contributed by atoms with Gasteiger partial charge in [-0.15, -0.1) is 0 Å². The van der Waals surface area contributed by atoms with Crippen molar-refractivity contribution in [2.24, 2.45) is 5.92 Å². The lowest BCUT2D eigenvalue weighted by Gasteiger charge is -2.26. The van der Waals surface area contributed by atoms with Crippen molar-refractivity contribution in [1.82, 2.24) is 0 Å². The van der Waals surface area contributed by atoms with Crippen LogP contribution in [0.4, 0.5) is 11.4 Å². The van der Waals surface area contributed by atoms with Gasteiger partial charge in [-0.05, 0) is 134 Å². The van der Waals surface area contributed by atoms with E-state index in [-0.39, 0.29) is 27.2 Å². The first-order valence-corrected chi connectivity index (χ1v) is 24.6. The molecule has 6 rings (SSSR count). The number of rotatable bonds is 15. The zero-order valence-corrected chi connectivity index (χ0v) is 39.4. The van der Waals surface area contributed by atoms with Crippen LogP contribution in [-0.4, -0.2) is 61.0 Å². The molecular weight excluding hydrogens is 817 g/mol. The Balaban J connectivity index is 0.000000955. The third kappa shape index (κ3) is 10.4. The van der Waals surface area contributed by atoms with Crippen molar-refractivity contribution in [2.75, 3.05) is 24.6 Å². The van der Waals surface area contributed by atoms with Crippen molar-refractivity contribution in [3.8, 4) is 22.3 Å². The van der Waals surface area contributed by atoms with Crippen LogP contribution in [0.3, 0.4) is 0 Å². The van der Waals surface area contributed by atoms with Crippen LogP contribution in [0.15, 0.2) is 130 Å². The molecule has 0 radical (unpaired) electrons. The summed E-state index contributed by atoms with van der Waals surface area (Å²) in [4.78, 5) is 1.80. The van der Waals surface area contributed by atoms with E-state index in [1.165, 1.54) is 43.5 Å². The minimum Gasteiger partial charge on any atom is -0.744 e. The maximum Gasteiger partial charge on any atom is 0.209 e. The van der Waals surface area contributed by atoms with E-state index in [2.05, 4.69) is 120 Å². The van der Waals surface area contributed by atoms with Crippen LogP contribution >= 0.6 is 0 Å². The Labute approximate surface area is 370 Å². The quantitative estimate of drug-likeness (QED) is 0.0707. The van der Waals surface area contributed by atoms with Crippen LogP contribution in [-0.2, 0) is 31.1 Å². The van der Waals surface area contributed by atoms with Crippen molar-refractivity contribution in [1.29, 1.82) is 0 Å². The van der Waals surface area contributed by atoms with Gasteiger partial charge in [-0.3, -0.25) is 0 Å². The number of aliphatic hydroxyl groups is 1. The summed E-state index contributed by atoms with van der Waals surface area (Å²) in [7, 11) is -9.06. The molecule has 9 nitrogen and oxygen atoms in total. The van der Waals surface area contributed by atoms with Crippen LogP contribution in [0, 0.1) is 5.92 Å². The minimum absolute atomic E-state index is 0.0728. The zero-order valence-electron chi connectivity index (χ0n) is 37.7. The molecule has 11 heteroatoms. The van der Waals surface area contributed by atoms with Crippen LogP contribution in [0.2, 0.25) is 0 Å². The van der Waals surface area contributed by atoms with Gasteiger partial charge in [0.15, 0.2) is 5.71 Å². The molecule has 0 saturated heterocycles. The molecule has 0 aliphatic carbocycles. The number of hydrogen-bond acceptors (Lipinski definition) is 8. The molecule has 0 amide bonds. The van der Waals surface area contributed by atoms with Gasteiger partial charge in [0.25, 0.3) is 0 Å². The van der Waals surface area contributed by atoms with Crippen LogP contribution in [0.1, 0.15) is 106 Å². The molecule has 0 bridgehead atoms. The first-order valence-electron chi connectivity index (χ1n) is 21.8. The number of fused-ring (bicyclic) bond motifs is 2. The fourth-order valence-corrected chi connectivity index (χ4v) is 9.70. The molecule has 332 valence electrons. The van der Waals surface area contributed by atoms with Crippen molar-refractivity contribution in [3.05, 3.63) is 132 Å². The highest BCUT2D eigenvalue weighted by molar-refractivity contribution is 7.86. The van der Waals surface area contributed by atoms with Gasteiger partial charge >= 0.3 is 0 Å². The topological polar surface area (TPSA) is 141 Å². The monoisotopic (exact) mass is 879 g/mol. The first-order chi connectivity index (χ1) is 29.3. The lowest BCUT2D eigenvalue weighted by atomic mass is 9.80. The Morgan fingerprint density at radius 2 is 1.21 bits per heavy atom. The van der Waals surface area contributed by atoms with E-state index in [0.29, 0.717) is 12.8 Å². The second-order valence-corrected chi connectivity index (χ2v) is 19.8. The number of allylic oxidation sites excluding steroid dienone is 6. The highest BCUT2D eigenvalue weighted by atomic mass is 32.2. The summed E-state index contributed by atoms with van der Waals surface area (Å²) in [6.07, 6.45) is 14.0. The van der Waals surface area contributed by atoms with Gasteiger partial charge in [-0.1, -0.05) is 96.4 Å². The van der Waals surface area contributed by atoms with E-state index in [0.717, 1.165) is 80.7 Å². The molecule has 4 aromatic rings. The highest BCUT2D eigenvalue weighted by Crippen LogP contribution is 2.49. The summed E-state index contributed by atoms with van der Waals surface area (Å²) in [5, 5.41) is 9.81. The van der Waals surface area contributed by atoms with Gasteiger partial charge in [-0.2, -0.15) is 4.58 Å². The molecule has 2 aliphatic heterocycles. The molecule has 2 aliphatic rings. The summed E-state index contributed by atoms with van der Waals surface area (Å²) < 4.78 is 71.2. The Hall–Kier alpha value is -4.65. The Bertz CT molecular complexity index is 2580. The summed E-state index contributed by atoms with van der Waals surface area (Å²) >= 11 is 0. The Morgan fingerprint density at radius 3 is 1.66 bits per heavy atom. The van der Waals surface area contributed by atoms with Gasteiger partial charge < -0.3 is 19.1 Å². The maximum atomic E-state index is 11.5. The minimum atomic E-state index is -4.53. The predicted molar refractivity (Wildman–Crippen MR) is 250 cm³/mol. The second-order valence-electron chi connectivity index (χ2n) is 17.1. The van der Waals surface area contributed by atoms with Crippen LogP contribution in [0.5, 0.6) is 0 Å². The normalized spacial score (nSPS) is 16.6. The third-order valence-corrected chi connectivity index (χ3v) is 14.3. The average molecular weight is 880 g/mol. The third-order valence-electron chi connectivity index (χ3n) is 12.6. The molecule has 0 atom stereocenters. The van der Waals surface area contributed by atoms with Gasteiger partial charge in [0.1, 0.15) is 26.8 Å². The standard InChI is InChI=1S/C44H48N2O7S2.C7H16/c1-7-45-39-23-17-33(31-13-19-35(20-14-31)54(48,49)50)28-37(39)43(3,4)41(45)25-11-30(10-9-27-47)12-26-42-44(5,6)38-29-34(18-24-40(38)46(42)8-2)32-15-21-36(22-16-32)55(51,52)53;1-4-7(5-2)6-3/h11-26,28-29,47H,7-10,27H2,1-6H3,(H-,48,49,50,51,52,53);7H,4-6H2,1-3H3/p-1. The molecule has 0 spiro atoms. The average Bonchev–Trinajstić information content (AvgIpc) is 3.60. The number of nitrogens with zero attached hydrogens (tertiary/aromatic N) is 2. The van der Waals surface area contributed by atoms with Gasteiger partial charge in [0.2, 0.25) is 5.69 Å². The molecule has 1 N–H and O–H groups in total. The molecule has 0 unspecified atom stereocenters. The molecule has 62 heavy (non-hydrogen) atoms. The van der Waals surface area contributed by atoms with Crippen molar-refractivity contribution in [3.63, 3.8) is 0 Å². The van der Waals surface area contributed by atoms with Crippen molar-refractivity contribution in [2.45, 2.75) is 115 Å². The fraction of sp³-hybridized carbons (Fsp3) is 0.392. The van der Waals surface area contributed by atoms with E-state index in [1.54, 1.807) is 24.3 Å². The van der Waals surface area contributed by atoms with E-state index in [4.69, 9.17) is 0 Å². The number of likely N-dealkylation sites (N-methyl/N-ethyl adjacent to an activating group) is 1. The molecule has 2 heterocycles. The van der Waals surface area contributed by atoms with Crippen molar-refractivity contribution < 1.29 is 35.6 Å². The summed E-state index contributed by atoms with van der Waals surface area (Å²) in [5.41, 5.74) is 10.6. The molecule has 0 fully saturated rings. The lowest BCUT2D eigenvalue weighted by Crippen LogP contribution is -2.27. The van der Waals surface area contributed by atoms with Crippen LogP contribution < -0.4 is 4.90 Å². The van der Waals surface area contributed by atoms with E-state index in [9.17, 15) is 31.0 Å².